The molecule has 1 aromatic heterocycles. The fourth-order valence-electron chi connectivity index (χ4n) is 2.05. The van der Waals surface area contributed by atoms with Gasteiger partial charge in [-0.3, -0.25) is 0 Å². The second-order valence-electron chi connectivity index (χ2n) is 4.97. The van der Waals surface area contributed by atoms with Crippen molar-refractivity contribution in [2.45, 2.75) is 58.3 Å². The molecule has 108 valence electrons. The lowest BCUT2D eigenvalue weighted by molar-refractivity contribution is 0.581. The van der Waals surface area contributed by atoms with E-state index in [2.05, 4.69) is 17.2 Å². The maximum absolute atomic E-state index is 5.83. The number of halogens is 1. The Kier molecular flexibility index (Phi) is 8.39. The minimum absolute atomic E-state index is 0.479. The van der Waals surface area contributed by atoms with E-state index in [1.165, 1.54) is 44.9 Å². The van der Waals surface area contributed by atoms with E-state index in [1.54, 1.807) is 12.1 Å². The van der Waals surface area contributed by atoms with Crippen LogP contribution in [-0.2, 0) is 0 Å². The largest absolute Gasteiger partial charge is 0.396 e. The van der Waals surface area contributed by atoms with Gasteiger partial charge in [0.1, 0.15) is 5.15 Å². The smallest absolute Gasteiger partial charge is 0.150 e. The van der Waals surface area contributed by atoms with E-state index in [9.17, 15) is 0 Å². The fraction of sp³-hybridized carbons (Fsp3) is 0.667. The molecule has 0 aromatic carbocycles. The number of hydrogen-bond acceptors (Lipinski definition) is 3. The van der Waals surface area contributed by atoms with Crippen LogP contribution in [0.2, 0.25) is 5.15 Å². The number of unbranched alkanes of at least 4 members (excludes halogenated alkanes) is 7. The molecule has 0 unspecified atom stereocenters. The first-order valence-electron chi connectivity index (χ1n) is 7.40. The molecule has 4 heteroatoms. The van der Waals surface area contributed by atoms with Crippen LogP contribution in [-0.4, -0.2) is 11.5 Å². The number of rotatable bonds is 10. The monoisotopic (exact) mass is 283 g/mol. The van der Waals surface area contributed by atoms with Crippen LogP contribution in [0.5, 0.6) is 0 Å². The van der Waals surface area contributed by atoms with Gasteiger partial charge >= 0.3 is 0 Å². The summed E-state index contributed by atoms with van der Waals surface area (Å²) in [5.41, 5.74) is 6.47. The highest BCUT2D eigenvalue weighted by molar-refractivity contribution is 6.29. The van der Waals surface area contributed by atoms with Gasteiger partial charge in [0.05, 0.1) is 5.69 Å². The molecule has 0 fully saturated rings. The molecule has 0 bridgehead atoms. The van der Waals surface area contributed by atoms with E-state index in [0.29, 0.717) is 16.7 Å². The second kappa shape index (κ2) is 9.90. The SMILES string of the molecule is CCCCCCCCCCNc1nc(Cl)ccc1N. The standard InChI is InChI=1S/C15H26ClN3/c1-2-3-4-5-6-7-8-9-12-18-15-13(17)10-11-14(16)19-15/h10-11H,2-9,12,17H2,1H3,(H,18,19). The van der Waals surface area contributed by atoms with Crippen molar-refractivity contribution in [3.63, 3.8) is 0 Å². The van der Waals surface area contributed by atoms with Crippen molar-refractivity contribution < 1.29 is 0 Å². The van der Waals surface area contributed by atoms with Crippen molar-refractivity contribution in [1.82, 2.24) is 4.98 Å². The van der Waals surface area contributed by atoms with Crippen molar-refractivity contribution in [2.24, 2.45) is 0 Å². The van der Waals surface area contributed by atoms with Crippen LogP contribution in [0.4, 0.5) is 11.5 Å². The van der Waals surface area contributed by atoms with Gasteiger partial charge in [-0.2, -0.15) is 0 Å². The predicted molar refractivity (Wildman–Crippen MR) is 84.8 cm³/mol. The Balaban J connectivity index is 2.03. The second-order valence-corrected chi connectivity index (χ2v) is 5.36. The summed E-state index contributed by atoms with van der Waals surface area (Å²) < 4.78 is 0. The molecule has 0 amide bonds. The Morgan fingerprint density at radius 2 is 1.68 bits per heavy atom. The van der Waals surface area contributed by atoms with E-state index in [1.807, 2.05) is 0 Å². The number of nitrogen functional groups attached to an aromatic ring is 1. The van der Waals surface area contributed by atoms with Crippen molar-refractivity contribution in [1.29, 1.82) is 0 Å². The van der Waals surface area contributed by atoms with Crippen LogP contribution < -0.4 is 11.1 Å². The first-order valence-corrected chi connectivity index (χ1v) is 7.77. The van der Waals surface area contributed by atoms with Gasteiger partial charge in [0, 0.05) is 6.54 Å². The third-order valence-electron chi connectivity index (χ3n) is 3.22. The summed E-state index contributed by atoms with van der Waals surface area (Å²) in [4.78, 5) is 4.17. The van der Waals surface area contributed by atoms with Crippen LogP contribution in [0.25, 0.3) is 0 Å². The lowest BCUT2D eigenvalue weighted by atomic mass is 10.1. The molecule has 0 spiro atoms. The number of nitrogens with zero attached hydrogens (tertiary/aromatic N) is 1. The van der Waals surface area contributed by atoms with E-state index in [-0.39, 0.29) is 0 Å². The Hall–Kier alpha value is -0.960. The normalized spacial score (nSPS) is 10.6. The maximum Gasteiger partial charge on any atom is 0.150 e. The highest BCUT2D eigenvalue weighted by Crippen LogP contribution is 2.18. The average Bonchev–Trinajstić information content (AvgIpc) is 2.40. The van der Waals surface area contributed by atoms with Crippen LogP contribution in [0.15, 0.2) is 12.1 Å². The molecule has 19 heavy (non-hydrogen) atoms. The third-order valence-corrected chi connectivity index (χ3v) is 3.43. The molecule has 0 aliphatic heterocycles. The lowest BCUT2D eigenvalue weighted by Crippen LogP contribution is -2.06. The van der Waals surface area contributed by atoms with E-state index < -0.39 is 0 Å². The molecule has 1 heterocycles. The van der Waals surface area contributed by atoms with Crippen molar-refractivity contribution in [3.8, 4) is 0 Å². The van der Waals surface area contributed by atoms with Crippen molar-refractivity contribution in [3.05, 3.63) is 17.3 Å². The van der Waals surface area contributed by atoms with Crippen LogP contribution in [0.1, 0.15) is 58.3 Å². The summed E-state index contributed by atoms with van der Waals surface area (Å²) in [5.74, 6) is 0.704. The van der Waals surface area contributed by atoms with Gasteiger partial charge in [0.25, 0.3) is 0 Å². The zero-order valence-electron chi connectivity index (χ0n) is 11.9. The molecule has 0 aliphatic rings. The van der Waals surface area contributed by atoms with Crippen molar-refractivity contribution in [2.75, 3.05) is 17.6 Å². The number of pyridine rings is 1. The van der Waals surface area contributed by atoms with E-state index in [4.69, 9.17) is 17.3 Å². The number of nitrogens with two attached hydrogens (primary N) is 1. The zero-order valence-corrected chi connectivity index (χ0v) is 12.7. The van der Waals surface area contributed by atoms with E-state index >= 15 is 0 Å². The van der Waals surface area contributed by atoms with Crippen LogP contribution >= 0.6 is 11.6 Å². The minimum atomic E-state index is 0.479. The first-order chi connectivity index (χ1) is 9.24. The summed E-state index contributed by atoms with van der Waals surface area (Å²) in [6.45, 7) is 3.16. The van der Waals surface area contributed by atoms with Gasteiger partial charge in [-0.05, 0) is 18.6 Å². The van der Waals surface area contributed by atoms with Crippen molar-refractivity contribution >= 4 is 23.1 Å². The molecular formula is C15H26ClN3. The molecule has 0 atom stereocenters. The maximum atomic E-state index is 5.83. The summed E-state index contributed by atoms with van der Waals surface area (Å²) >= 11 is 5.83. The molecular weight excluding hydrogens is 258 g/mol. The molecule has 0 aliphatic carbocycles. The molecule has 1 aromatic rings. The number of hydrogen-bond donors (Lipinski definition) is 2. The van der Waals surface area contributed by atoms with Gasteiger partial charge < -0.3 is 11.1 Å². The van der Waals surface area contributed by atoms with Crippen LogP contribution in [0, 0.1) is 0 Å². The molecule has 0 radical (unpaired) electrons. The zero-order chi connectivity index (χ0) is 13.9. The molecule has 3 nitrogen and oxygen atoms in total. The Labute approximate surface area is 121 Å². The highest BCUT2D eigenvalue weighted by atomic mass is 35.5. The lowest BCUT2D eigenvalue weighted by Gasteiger charge is -2.08. The Bertz CT molecular complexity index is 355. The topological polar surface area (TPSA) is 50.9 Å². The van der Waals surface area contributed by atoms with E-state index in [0.717, 1.165) is 13.0 Å². The Morgan fingerprint density at radius 3 is 2.37 bits per heavy atom. The van der Waals surface area contributed by atoms with Gasteiger partial charge in [-0.1, -0.05) is 63.5 Å². The predicted octanol–water partition coefficient (Wildman–Crippen LogP) is 4.87. The van der Waals surface area contributed by atoms with Crippen LogP contribution in [0.3, 0.4) is 0 Å². The quantitative estimate of drug-likeness (QED) is 0.476. The summed E-state index contributed by atoms with van der Waals surface area (Å²) in [5, 5.41) is 3.72. The van der Waals surface area contributed by atoms with Gasteiger partial charge in [-0.15, -0.1) is 0 Å². The van der Waals surface area contributed by atoms with Gasteiger partial charge in [0.15, 0.2) is 5.82 Å². The molecule has 0 saturated heterocycles. The minimum Gasteiger partial charge on any atom is -0.396 e. The van der Waals surface area contributed by atoms with Gasteiger partial charge in [-0.25, -0.2) is 4.98 Å². The average molecular weight is 284 g/mol. The summed E-state index contributed by atoms with van der Waals surface area (Å²) in [7, 11) is 0. The fourth-order valence-corrected chi connectivity index (χ4v) is 2.20. The van der Waals surface area contributed by atoms with Gasteiger partial charge in [0.2, 0.25) is 0 Å². The number of anilines is 2. The number of nitrogens with one attached hydrogen (secondary N) is 1. The summed E-state index contributed by atoms with van der Waals surface area (Å²) in [6.07, 6.45) is 10.6. The molecule has 3 N–H and O–H groups in total. The Morgan fingerprint density at radius 1 is 1.05 bits per heavy atom. The highest BCUT2D eigenvalue weighted by Gasteiger charge is 2.00. The molecule has 1 rings (SSSR count). The molecule has 0 saturated carbocycles. The third kappa shape index (κ3) is 7.26. The number of aromatic nitrogens is 1. The first kappa shape index (κ1) is 16.1. The summed E-state index contributed by atoms with van der Waals surface area (Å²) in [6, 6.07) is 3.49.